The third-order valence-electron chi connectivity index (χ3n) is 3.63. The molecule has 138 valence electrons. The van der Waals surface area contributed by atoms with E-state index in [4.69, 9.17) is 23.2 Å². The Bertz CT molecular complexity index is 1090. The molecule has 3 aromatic rings. The van der Waals surface area contributed by atoms with E-state index >= 15 is 0 Å². The maximum Gasteiger partial charge on any atom is 0.263 e. The Labute approximate surface area is 167 Å². The molecule has 3 rings (SSSR count). The topological polar surface area (TPSA) is 75.3 Å². The monoisotopic (exact) mass is 420 g/mol. The predicted molar refractivity (Wildman–Crippen MR) is 108 cm³/mol. The molecule has 3 aromatic carbocycles. The lowest BCUT2D eigenvalue weighted by atomic mass is 10.2. The molecule has 0 atom stereocenters. The van der Waals surface area contributed by atoms with Crippen molar-refractivity contribution in [1.82, 2.24) is 0 Å². The van der Waals surface area contributed by atoms with E-state index in [1.54, 1.807) is 54.6 Å². The lowest BCUT2D eigenvalue weighted by Crippen LogP contribution is -2.16. The Hall–Kier alpha value is -2.54. The summed E-state index contributed by atoms with van der Waals surface area (Å²) in [7, 11) is -3.97. The smallest absolute Gasteiger partial charge is 0.263 e. The van der Waals surface area contributed by atoms with Gasteiger partial charge in [-0.1, -0.05) is 53.5 Å². The summed E-state index contributed by atoms with van der Waals surface area (Å²) < 4.78 is 27.8. The van der Waals surface area contributed by atoms with Gasteiger partial charge in [-0.25, -0.2) is 8.42 Å². The molecular formula is C19H14Cl2N2O3S. The van der Waals surface area contributed by atoms with Gasteiger partial charge in [0.1, 0.15) is 4.90 Å². The Balaban J connectivity index is 1.90. The summed E-state index contributed by atoms with van der Waals surface area (Å²) in [6, 6.07) is 19.2. The number of nitrogens with one attached hydrogen (secondary N) is 2. The zero-order valence-corrected chi connectivity index (χ0v) is 16.1. The van der Waals surface area contributed by atoms with Crippen LogP contribution in [0.3, 0.4) is 0 Å². The number of carbonyl (C=O) groups is 1. The number of halogens is 2. The molecule has 0 fully saturated rings. The molecule has 0 unspecified atom stereocenters. The fourth-order valence-corrected chi connectivity index (χ4v) is 4.09. The van der Waals surface area contributed by atoms with Crippen LogP contribution in [0.4, 0.5) is 11.4 Å². The molecule has 8 heteroatoms. The second-order valence-electron chi connectivity index (χ2n) is 5.55. The Morgan fingerprint density at radius 3 is 2.19 bits per heavy atom. The highest BCUT2D eigenvalue weighted by molar-refractivity contribution is 7.92. The third kappa shape index (κ3) is 4.60. The van der Waals surface area contributed by atoms with Crippen LogP contribution in [0.5, 0.6) is 0 Å². The Morgan fingerprint density at radius 2 is 1.48 bits per heavy atom. The highest BCUT2D eigenvalue weighted by Crippen LogP contribution is 2.26. The average molecular weight is 421 g/mol. The number of hydrogen-bond acceptors (Lipinski definition) is 3. The first-order valence-corrected chi connectivity index (χ1v) is 10.0. The molecule has 0 aromatic heterocycles. The molecule has 0 aliphatic heterocycles. The number of rotatable bonds is 5. The highest BCUT2D eigenvalue weighted by Gasteiger charge is 2.20. The molecule has 0 aliphatic carbocycles. The van der Waals surface area contributed by atoms with Gasteiger partial charge in [0.05, 0.1) is 15.7 Å². The third-order valence-corrected chi connectivity index (χ3v) is 5.82. The quantitative estimate of drug-likeness (QED) is 0.606. The summed E-state index contributed by atoms with van der Waals surface area (Å²) in [6.07, 6.45) is 0. The molecule has 0 radical (unpaired) electrons. The van der Waals surface area contributed by atoms with Crippen molar-refractivity contribution in [1.29, 1.82) is 0 Å². The Morgan fingerprint density at radius 1 is 0.815 bits per heavy atom. The van der Waals surface area contributed by atoms with E-state index < -0.39 is 15.9 Å². The van der Waals surface area contributed by atoms with Gasteiger partial charge in [0.15, 0.2) is 0 Å². The van der Waals surface area contributed by atoms with E-state index in [1.165, 1.54) is 18.2 Å². The summed E-state index contributed by atoms with van der Waals surface area (Å²) in [5, 5.41) is 3.03. The molecule has 2 N–H and O–H groups in total. The van der Waals surface area contributed by atoms with Gasteiger partial charge in [0, 0.05) is 11.3 Å². The molecule has 0 aliphatic rings. The number of carbonyl (C=O) groups excluding carboxylic acids is 1. The minimum absolute atomic E-state index is 0.00715. The van der Waals surface area contributed by atoms with Gasteiger partial charge in [-0.05, 0) is 42.5 Å². The lowest BCUT2D eigenvalue weighted by Gasteiger charge is -2.12. The van der Waals surface area contributed by atoms with E-state index in [1.807, 2.05) is 0 Å². The summed E-state index contributed by atoms with van der Waals surface area (Å²) >= 11 is 12.1. The van der Waals surface area contributed by atoms with Crippen LogP contribution in [-0.2, 0) is 10.0 Å². The van der Waals surface area contributed by atoms with E-state index in [0.717, 1.165) is 0 Å². The second-order valence-corrected chi connectivity index (χ2v) is 8.02. The number of sulfonamides is 1. The molecular weight excluding hydrogens is 407 g/mol. The normalized spacial score (nSPS) is 11.0. The zero-order valence-electron chi connectivity index (χ0n) is 13.8. The van der Waals surface area contributed by atoms with Crippen molar-refractivity contribution in [3.63, 3.8) is 0 Å². The van der Waals surface area contributed by atoms with Crippen LogP contribution in [-0.4, -0.2) is 14.3 Å². The lowest BCUT2D eigenvalue weighted by molar-refractivity contribution is 0.102. The van der Waals surface area contributed by atoms with Gasteiger partial charge in [-0.15, -0.1) is 0 Å². The van der Waals surface area contributed by atoms with Crippen LogP contribution >= 0.6 is 23.2 Å². The molecule has 0 bridgehead atoms. The molecule has 0 heterocycles. The molecule has 1 amide bonds. The number of amides is 1. The van der Waals surface area contributed by atoms with Crippen LogP contribution in [0, 0.1) is 0 Å². The SMILES string of the molecule is O=C(Nc1ccccc1Cl)c1ccc(Cl)c(S(=O)(=O)Nc2ccccc2)c1. The van der Waals surface area contributed by atoms with Crippen LogP contribution in [0.25, 0.3) is 0 Å². The van der Waals surface area contributed by atoms with E-state index in [2.05, 4.69) is 10.0 Å². The summed E-state index contributed by atoms with van der Waals surface area (Å²) in [5.74, 6) is -0.504. The van der Waals surface area contributed by atoms with Crippen molar-refractivity contribution >= 4 is 50.5 Å². The van der Waals surface area contributed by atoms with Crippen molar-refractivity contribution in [2.75, 3.05) is 10.0 Å². The minimum Gasteiger partial charge on any atom is -0.321 e. The number of benzene rings is 3. The number of anilines is 2. The first kappa shape index (κ1) is 19.2. The van der Waals surface area contributed by atoms with Crippen LogP contribution in [0.1, 0.15) is 10.4 Å². The van der Waals surface area contributed by atoms with Crippen molar-refractivity contribution in [2.24, 2.45) is 0 Å². The zero-order chi connectivity index (χ0) is 19.4. The fraction of sp³-hybridized carbons (Fsp3) is 0. The van der Waals surface area contributed by atoms with Gasteiger partial charge < -0.3 is 5.32 Å². The van der Waals surface area contributed by atoms with Gasteiger partial charge in [-0.3, -0.25) is 9.52 Å². The van der Waals surface area contributed by atoms with E-state index in [0.29, 0.717) is 16.4 Å². The van der Waals surface area contributed by atoms with Gasteiger partial charge in [0.25, 0.3) is 15.9 Å². The Kier molecular flexibility index (Phi) is 5.70. The van der Waals surface area contributed by atoms with Crippen molar-refractivity contribution < 1.29 is 13.2 Å². The first-order valence-electron chi connectivity index (χ1n) is 7.80. The second kappa shape index (κ2) is 8.00. The van der Waals surface area contributed by atoms with Crippen LogP contribution in [0.2, 0.25) is 10.0 Å². The van der Waals surface area contributed by atoms with E-state index in [9.17, 15) is 13.2 Å². The van der Waals surface area contributed by atoms with Crippen molar-refractivity contribution in [3.8, 4) is 0 Å². The maximum absolute atomic E-state index is 12.7. The van der Waals surface area contributed by atoms with Gasteiger partial charge in [0.2, 0.25) is 0 Å². The van der Waals surface area contributed by atoms with Crippen LogP contribution in [0.15, 0.2) is 77.7 Å². The molecule has 5 nitrogen and oxygen atoms in total. The standard InChI is InChI=1S/C19H14Cl2N2O3S/c20-15-8-4-5-9-17(15)22-19(24)13-10-11-16(21)18(12-13)27(25,26)23-14-6-2-1-3-7-14/h1-12,23H,(H,22,24). The largest absolute Gasteiger partial charge is 0.321 e. The van der Waals surface area contributed by atoms with Crippen molar-refractivity contribution in [2.45, 2.75) is 4.90 Å². The average Bonchev–Trinajstić information content (AvgIpc) is 2.64. The maximum atomic E-state index is 12.7. The first-order chi connectivity index (χ1) is 12.9. The molecule has 0 saturated heterocycles. The minimum atomic E-state index is -3.97. The summed E-state index contributed by atoms with van der Waals surface area (Å²) in [6.45, 7) is 0. The van der Waals surface area contributed by atoms with Crippen molar-refractivity contribution in [3.05, 3.63) is 88.4 Å². The molecule has 27 heavy (non-hydrogen) atoms. The molecule has 0 spiro atoms. The fourth-order valence-electron chi connectivity index (χ4n) is 2.32. The summed E-state index contributed by atoms with van der Waals surface area (Å²) in [4.78, 5) is 12.3. The van der Waals surface area contributed by atoms with E-state index in [-0.39, 0.29) is 15.5 Å². The molecule has 0 saturated carbocycles. The van der Waals surface area contributed by atoms with Gasteiger partial charge in [-0.2, -0.15) is 0 Å². The summed E-state index contributed by atoms with van der Waals surface area (Å²) in [5.41, 5.74) is 0.943. The van der Waals surface area contributed by atoms with Crippen LogP contribution < -0.4 is 10.0 Å². The van der Waals surface area contributed by atoms with Gasteiger partial charge >= 0.3 is 0 Å². The number of para-hydroxylation sites is 2. The highest BCUT2D eigenvalue weighted by atomic mass is 35.5. The number of hydrogen-bond donors (Lipinski definition) is 2. The predicted octanol–water partition coefficient (Wildman–Crippen LogP) is 5.05.